The number of fused-ring (bicyclic) bond motifs is 3. The molecule has 0 bridgehead atoms. The maximum Gasteiger partial charge on any atom is 0.237 e. The zero-order chi connectivity index (χ0) is 31.4. The minimum atomic E-state index is 0.556. The van der Waals surface area contributed by atoms with Gasteiger partial charge < -0.3 is 9.47 Å². The standard InChI is InChI=1S/C37H24N6O2S2/c1-3-17-39-35(11-1)44-25-7-5-9-27(19-25)46-29-13-15-31-32-16-14-30(22-34(32)43(33(31)21-29)37-41-23-38-24-42-37)47-28-10-6-8-26(20-28)45-36-12-2-4-18-40-36/h1-24H. The molecular weight excluding hydrogens is 625 g/mol. The fraction of sp³-hybridized carbons (Fsp3) is 0. The van der Waals surface area contributed by atoms with Crippen LogP contribution in [0.2, 0.25) is 0 Å². The van der Waals surface area contributed by atoms with Crippen molar-refractivity contribution in [3.8, 4) is 29.2 Å². The van der Waals surface area contributed by atoms with E-state index in [2.05, 4.69) is 78.0 Å². The largest absolute Gasteiger partial charge is 0.439 e. The van der Waals surface area contributed by atoms with Crippen molar-refractivity contribution in [2.75, 3.05) is 0 Å². The van der Waals surface area contributed by atoms with Gasteiger partial charge in [0.05, 0.1) is 11.0 Å². The van der Waals surface area contributed by atoms with E-state index in [1.54, 1.807) is 35.9 Å². The highest BCUT2D eigenvalue weighted by atomic mass is 32.2. The molecule has 8 aromatic rings. The molecule has 0 spiro atoms. The Morgan fingerprint density at radius 2 is 0.979 bits per heavy atom. The molecule has 8 rings (SSSR count). The smallest absolute Gasteiger partial charge is 0.237 e. The number of aromatic nitrogens is 6. The highest BCUT2D eigenvalue weighted by molar-refractivity contribution is 7.99. The van der Waals surface area contributed by atoms with E-state index in [-0.39, 0.29) is 0 Å². The van der Waals surface area contributed by atoms with Gasteiger partial charge in [-0.2, -0.15) is 0 Å². The SMILES string of the molecule is c1ccc(Oc2cccc(Sc3ccc4c5ccc(Sc6cccc(Oc7ccccn7)c6)cc5n(-c5ncncn5)c4c3)c2)nc1. The second-order valence-electron chi connectivity index (χ2n) is 10.3. The Morgan fingerprint density at radius 1 is 0.468 bits per heavy atom. The lowest BCUT2D eigenvalue weighted by Crippen LogP contribution is -2.00. The fourth-order valence-electron chi connectivity index (χ4n) is 5.20. The first-order valence-corrected chi connectivity index (χ1v) is 16.3. The Kier molecular flexibility index (Phi) is 7.92. The molecule has 0 atom stereocenters. The molecule has 0 radical (unpaired) electrons. The molecule has 0 amide bonds. The number of pyridine rings is 2. The molecular formula is C37H24N6O2S2. The maximum absolute atomic E-state index is 5.97. The summed E-state index contributed by atoms with van der Waals surface area (Å²) in [6, 6.07) is 40.2. The van der Waals surface area contributed by atoms with Gasteiger partial charge in [0.1, 0.15) is 24.2 Å². The third kappa shape index (κ3) is 6.37. The number of nitrogens with zero attached hydrogens (tertiary/aromatic N) is 6. The predicted octanol–water partition coefficient (Wildman–Crippen LogP) is 9.65. The van der Waals surface area contributed by atoms with Crippen LogP contribution in [-0.2, 0) is 0 Å². The molecule has 4 aromatic heterocycles. The van der Waals surface area contributed by atoms with Crippen LogP contribution < -0.4 is 9.47 Å². The van der Waals surface area contributed by atoms with E-state index in [0.29, 0.717) is 17.7 Å². The Bertz CT molecular complexity index is 2180. The molecule has 0 aliphatic carbocycles. The lowest BCUT2D eigenvalue weighted by atomic mass is 10.1. The molecule has 4 aromatic carbocycles. The molecule has 0 N–H and O–H groups in total. The van der Waals surface area contributed by atoms with E-state index in [1.165, 1.54) is 12.7 Å². The van der Waals surface area contributed by atoms with Gasteiger partial charge in [-0.15, -0.1) is 0 Å². The van der Waals surface area contributed by atoms with E-state index in [0.717, 1.165) is 52.9 Å². The summed E-state index contributed by atoms with van der Waals surface area (Å²) in [6.45, 7) is 0. The highest BCUT2D eigenvalue weighted by Crippen LogP contribution is 2.39. The number of ether oxygens (including phenoxy) is 2. The van der Waals surface area contributed by atoms with Crippen molar-refractivity contribution < 1.29 is 9.47 Å². The van der Waals surface area contributed by atoms with Crippen molar-refractivity contribution in [3.05, 3.63) is 146 Å². The van der Waals surface area contributed by atoms with E-state index in [9.17, 15) is 0 Å². The third-order valence-corrected chi connectivity index (χ3v) is 9.15. The summed E-state index contributed by atoms with van der Waals surface area (Å²) in [4.78, 5) is 25.9. The van der Waals surface area contributed by atoms with Gasteiger partial charge in [-0.3, -0.25) is 4.57 Å². The number of hydrogen-bond donors (Lipinski definition) is 0. The quantitative estimate of drug-likeness (QED) is 0.152. The summed E-state index contributed by atoms with van der Waals surface area (Å²) in [5.74, 6) is 3.13. The lowest BCUT2D eigenvalue weighted by molar-refractivity contribution is 0.461. The first-order chi connectivity index (χ1) is 23.2. The van der Waals surface area contributed by atoms with Gasteiger partial charge in [0, 0.05) is 54.9 Å². The summed E-state index contributed by atoms with van der Waals surface area (Å²) in [6.07, 6.45) is 6.48. The summed E-state index contributed by atoms with van der Waals surface area (Å²) in [5, 5.41) is 2.22. The average molecular weight is 649 g/mol. The van der Waals surface area contributed by atoms with Gasteiger partial charge >= 0.3 is 0 Å². The fourth-order valence-corrected chi connectivity index (χ4v) is 7.00. The van der Waals surface area contributed by atoms with Gasteiger partial charge in [-0.05, 0) is 72.8 Å². The Balaban J connectivity index is 1.13. The van der Waals surface area contributed by atoms with Crippen LogP contribution in [0.3, 0.4) is 0 Å². The van der Waals surface area contributed by atoms with Crippen molar-refractivity contribution in [2.45, 2.75) is 19.6 Å². The minimum Gasteiger partial charge on any atom is -0.439 e. The number of benzene rings is 4. The monoisotopic (exact) mass is 648 g/mol. The molecule has 0 saturated carbocycles. The minimum absolute atomic E-state index is 0.556. The molecule has 4 heterocycles. The van der Waals surface area contributed by atoms with Crippen LogP contribution in [0.5, 0.6) is 23.3 Å². The van der Waals surface area contributed by atoms with Crippen molar-refractivity contribution in [2.24, 2.45) is 0 Å². The van der Waals surface area contributed by atoms with Crippen molar-refractivity contribution in [1.82, 2.24) is 29.5 Å². The second-order valence-corrected chi connectivity index (χ2v) is 12.6. The normalized spacial score (nSPS) is 11.1. The number of hydrogen-bond acceptors (Lipinski definition) is 9. The molecule has 0 aliphatic heterocycles. The maximum atomic E-state index is 5.97. The summed E-state index contributed by atoms with van der Waals surface area (Å²) in [7, 11) is 0. The Labute approximate surface area is 278 Å². The first-order valence-electron chi connectivity index (χ1n) is 14.7. The summed E-state index contributed by atoms with van der Waals surface area (Å²) >= 11 is 3.32. The number of rotatable bonds is 9. The van der Waals surface area contributed by atoms with Crippen LogP contribution >= 0.6 is 23.5 Å². The molecule has 47 heavy (non-hydrogen) atoms. The van der Waals surface area contributed by atoms with E-state index in [4.69, 9.17) is 9.47 Å². The van der Waals surface area contributed by atoms with Crippen molar-refractivity contribution in [1.29, 1.82) is 0 Å². The van der Waals surface area contributed by atoms with Crippen LogP contribution in [-0.4, -0.2) is 29.5 Å². The van der Waals surface area contributed by atoms with Crippen molar-refractivity contribution >= 4 is 45.3 Å². The van der Waals surface area contributed by atoms with Crippen LogP contribution in [0, 0.1) is 0 Å². The van der Waals surface area contributed by atoms with Gasteiger partial charge in [0.2, 0.25) is 17.7 Å². The topological polar surface area (TPSA) is 87.8 Å². The van der Waals surface area contributed by atoms with Crippen LogP contribution in [0.25, 0.3) is 27.8 Å². The lowest BCUT2D eigenvalue weighted by Gasteiger charge is -2.09. The molecule has 0 fully saturated rings. The van der Waals surface area contributed by atoms with Crippen molar-refractivity contribution in [3.63, 3.8) is 0 Å². The molecule has 0 unspecified atom stereocenters. The van der Waals surface area contributed by atoms with Crippen LogP contribution in [0.4, 0.5) is 0 Å². The highest BCUT2D eigenvalue weighted by Gasteiger charge is 2.16. The van der Waals surface area contributed by atoms with Crippen LogP contribution in [0.15, 0.2) is 166 Å². The zero-order valence-electron chi connectivity index (χ0n) is 24.7. The zero-order valence-corrected chi connectivity index (χ0v) is 26.3. The Morgan fingerprint density at radius 3 is 1.47 bits per heavy atom. The van der Waals surface area contributed by atoms with Gasteiger partial charge in [0.15, 0.2) is 0 Å². The van der Waals surface area contributed by atoms with E-state index >= 15 is 0 Å². The molecule has 0 aliphatic rings. The predicted molar refractivity (Wildman–Crippen MR) is 184 cm³/mol. The summed E-state index contributed by atoms with van der Waals surface area (Å²) in [5.41, 5.74) is 2.01. The molecule has 8 nitrogen and oxygen atoms in total. The van der Waals surface area contributed by atoms with Gasteiger partial charge in [-0.1, -0.05) is 59.9 Å². The van der Waals surface area contributed by atoms with Crippen LogP contribution in [0.1, 0.15) is 0 Å². The van der Waals surface area contributed by atoms with E-state index in [1.807, 2.05) is 72.8 Å². The Hall–Kier alpha value is -5.71. The molecule has 10 heteroatoms. The van der Waals surface area contributed by atoms with Gasteiger partial charge in [-0.25, -0.2) is 24.9 Å². The summed E-state index contributed by atoms with van der Waals surface area (Å²) < 4.78 is 14.0. The third-order valence-electron chi connectivity index (χ3n) is 7.19. The van der Waals surface area contributed by atoms with Gasteiger partial charge in [0.25, 0.3) is 0 Å². The molecule has 0 saturated heterocycles. The molecule has 226 valence electrons. The first kappa shape index (κ1) is 28.7. The second kappa shape index (κ2) is 13.0. The average Bonchev–Trinajstić information content (AvgIpc) is 3.42. The van der Waals surface area contributed by atoms with E-state index < -0.39 is 0 Å².